The molecule has 3 amide bonds. The number of aromatic amines is 1. The molecule has 1 aromatic carbocycles. The highest BCUT2D eigenvalue weighted by Crippen LogP contribution is 2.25. The second-order valence-electron chi connectivity index (χ2n) is 10.6. The first-order valence-electron chi connectivity index (χ1n) is 14.1. The summed E-state index contributed by atoms with van der Waals surface area (Å²) >= 11 is 1.60. The summed E-state index contributed by atoms with van der Waals surface area (Å²) in [4.78, 5) is 65.6. The molecule has 1 aliphatic heterocycles. The first-order valence-corrected chi connectivity index (χ1v) is 15.5. The Morgan fingerprint density at radius 3 is 2.55 bits per heavy atom. The van der Waals surface area contributed by atoms with E-state index in [1.807, 2.05) is 50.4 Å². The lowest BCUT2D eigenvalue weighted by Gasteiger charge is -2.27. The molecule has 1 aliphatic rings. The number of carbonyl (C=O) groups excluding carboxylic acids is 3. The molecule has 42 heavy (non-hydrogen) atoms. The van der Waals surface area contributed by atoms with E-state index in [9.17, 15) is 19.2 Å². The van der Waals surface area contributed by atoms with Crippen LogP contribution in [-0.2, 0) is 16.1 Å². The molecule has 3 aromatic rings. The van der Waals surface area contributed by atoms with E-state index in [4.69, 9.17) is 10.1 Å². The van der Waals surface area contributed by atoms with Gasteiger partial charge in [-0.05, 0) is 37.7 Å². The lowest BCUT2D eigenvalue weighted by molar-refractivity contribution is -0.129. The Kier molecular flexibility index (Phi) is 10.5. The molecule has 0 saturated heterocycles. The summed E-state index contributed by atoms with van der Waals surface area (Å²) in [6, 6.07) is 8.32. The number of carbonyl (C=O) groups is 3. The number of aromatic nitrogens is 5. The third kappa shape index (κ3) is 7.64. The molecule has 2 aromatic heterocycles. The van der Waals surface area contributed by atoms with E-state index in [0.717, 1.165) is 5.56 Å². The van der Waals surface area contributed by atoms with Crippen molar-refractivity contribution in [3.63, 3.8) is 0 Å². The number of aryl methyl sites for hydroxylation is 1. The van der Waals surface area contributed by atoms with Gasteiger partial charge in [-0.2, -0.15) is 16.9 Å². The Labute approximate surface area is 249 Å². The smallest absolute Gasteiger partial charge is 0.263 e. The molecule has 12 nitrogen and oxygen atoms in total. The molecule has 0 radical (unpaired) electrons. The summed E-state index contributed by atoms with van der Waals surface area (Å²) in [7, 11) is 0. The van der Waals surface area contributed by atoms with Gasteiger partial charge in [-0.15, -0.1) is 0 Å². The number of rotatable bonds is 6. The fourth-order valence-electron chi connectivity index (χ4n) is 4.78. The van der Waals surface area contributed by atoms with Gasteiger partial charge in [-0.25, -0.2) is 14.6 Å². The van der Waals surface area contributed by atoms with Crippen LogP contribution in [0.2, 0.25) is 0 Å². The van der Waals surface area contributed by atoms with Gasteiger partial charge in [0.05, 0.1) is 12.6 Å². The maximum Gasteiger partial charge on any atom is 0.263 e. The molecule has 4 rings (SSSR count). The summed E-state index contributed by atoms with van der Waals surface area (Å²) in [5, 5.41) is 10.8. The van der Waals surface area contributed by atoms with Crippen molar-refractivity contribution in [3.05, 3.63) is 64.1 Å². The van der Waals surface area contributed by atoms with Gasteiger partial charge in [0.25, 0.3) is 11.5 Å². The molecule has 0 bridgehead atoms. The number of nitrogens with zero attached hydrogens (tertiary/aromatic N) is 5. The standard InChI is InChI=1S/C29H38N8O4S/c1-18(2)24-26-34-25(20-9-6-5-7-10-20)35-37(26)15-14-36(29(41)21-17-30-19(3)31-27(21)39)13-8-11-23(38)32-22(12-16-42-4)28(40)33-24/h5-7,9-10,17-18,22,24H,8,11-16H2,1-4H3,(H,32,38)(H,33,40)(H,30,31,39)/t22-,24+/m0/s1. The summed E-state index contributed by atoms with van der Waals surface area (Å²) in [6.07, 6.45) is 4.17. The van der Waals surface area contributed by atoms with E-state index in [1.54, 1.807) is 28.3 Å². The minimum atomic E-state index is -0.714. The van der Waals surface area contributed by atoms with Crippen LogP contribution in [0.5, 0.6) is 0 Å². The lowest BCUT2D eigenvalue weighted by Crippen LogP contribution is -2.49. The summed E-state index contributed by atoms with van der Waals surface area (Å²) in [6.45, 7) is 6.30. The van der Waals surface area contributed by atoms with Gasteiger partial charge in [-0.1, -0.05) is 44.2 Å². The van der Waals surface area contributed by atoms with Crippen molar-refractivity contribution < 1.29 is 14.4 Å². The van der Waals surface area contributed by atoms with Crippen molar-refractivity contribution in [2.75, 3.05) is 25.1 Å². The third-order valence-electron chi connectivity index (χ3n) is 7.09. The highest BCUT2D eigenvalue weighted by molar-refractivity contribution is 7.98. The zero-order chi connectivity index (χ0) is 30.2. The molecular weight excluding hydrogens is 556 g/mol. The predicted octanol–water partition coefficient (Wildman–Crippen LogP) is 2.32. The molecule has 0 aliphatic carbocycles. The SMILES string of the molecule is CSCC[C@@H]1NC(=O)CCCN(C(=O)c2cnc(C)[nH]c2=O)CCn2nc(-c3ccccc3)nc2[C@@H](C(C)C)NC1=O. The second kappa shape index (κ2) is 14.3. The molecule has 0 saturated carbocycles. The van der Waals surface area contributed by atoms with Crippen LogP contribution in [0.15, 0.2) is 41.3 Å². The van der Waals surface area contributed by atoms with Crippen LogP contribution in [0, 0.1) is 12.8 Å². The number of H-pyrrole nitrogens is 1. The minimum absolute atomic E-state index is 0.0553. The van der Waals surface area contributed by atoms with Gasteiger partial charge in [0.1, 0.15) is 17.4 Å². The quantitative estimate of drug-likeness (QED) is 0.393. The van der Waals surface area contributed by atoms with Crippen molar-refractivity contribution >= 4 is 29.5 Å². The van der Waals surface area contributed by atoms with Crippen molar-refractivity contribution in [3.8, 4) is 11.4 Å². The summed E-state index contributed by atoms with van der Waals surface area (Å²) < 4.78 is 1.73. The molecule has 13 heteroatoms. The summed E-state index contributed by atoms with van der Waals surface area (Å²) in [5.41, 5.74) is 0.232. The molecule has 3 heterocycles. The summed E-state index contributed by atoms with van der Waals surface area (Å²) in [5.74, 6) is 1.07. The Morgan fingerprint density at radius 2 is 1.86 bits per heavy atom. The van der Waals surface area contributed by atoms with Gasteiger partial charge < -0.3 is 20.5 Å². The van der Waals surface area contributed by atoms with Gasteiger partial charge in [-0.3, -0.25) is 19.2 Å². The van der Waals surface area contributed by atoms with Gasteiger partial charge in [0, 0.05) is 31.3 Å². The molecule has 2 atom stereocenters. The molecule has 0 unspecified atom stereocenters. The monoisotopic (exact) mass is 594 g/mol. The minimum Gasteiger partial charge on any atom is -0.344 e. The normalized spacial score (nSPS) is 18.6. The average Bonchev–Trinajstić information content (AvgIpc) is 3.39. The first kappa shape index (κ1) is 30.9. The van der Waals surface area contributed by atoms with Gasteiger partial charge in [0.2, 0.25) is 11.8 Å². The number of hydrogen-bond acceptors (Lipinski definition) is 8. The number of benzene rings is 1. The zero-order valence-corrected chi connectivity index (χ0v) is 25.2. The average molecular weight is 595 g/mol. The first-order chi connectivity index (χ1) is 20.2. The number of fused-ring (bicyclic) bond motifs is 1. The van der Waals surface area contributed by atoms with Crippen molar-refractivity contribution in [2.24, 2.45) is 5.92 Å². The zero-order valence-electron chi connectivity index (χ0n) is 24.4. The van der Waals surface area contributed by atoms with Crippen LogP contribution in [0.25, 0.3) is 11.4 Å². The molecule has 0 fully saturated rings. The highest BCUT2D eigenvalue weighted by atomic mass is 32.2. The topological polar surface area (TPSA) is 155 Å². The van der Waals surface area contributed by atoms with Crippen LogP contribution < -0.4 is 16.2 Å². The lowest BCUT2D eigenvalue weighted by atomic mass is 10.0. The van der Waals surface area contributed by atoms with E-state index in [1.165, 1.54) is 6.20 Å². The maximum absolute atomic E-state index is 13.5. The molecule has 224 valence electrons. The van der Waals surface area contributed by atoms with Crippen molar-refractivity contribution in [1.29, 1.82) is 0 Å². The molecule has 3 N–H and O–H groups in total. The van der Waals surface area contributed by atoms with E-state index in [2.05, 4.69) is 20.6 Å². The highest BCUT2D eigenvalue weighted by Gasteiger charge is 2.30. The van der Waals surface area contributed by atoms with Crippen molar-refractivity contribution in [2.45, 2.75) is 58.7 Å². The number of thioether (sulfide) groups is 1. The van der Waals surface area contributed by atoms with E-state index in [-0.39, 0.29) is 49.4 Å². The predicted molar refractivity (Wildman–Crippen MR) is 161 cm³/mol. The van der Waals surface area contributed by atoms with E-state index in [0.29, 0.717) is 36.1 Å². The van der Waals surface area contributed by atoms with Crippen molar-refractivity contribution in [1.82, 2.24) is 40.3 Å². The van der Waals surface area contributed by atoms with Crippen LogP contribution in [0.1, 0.15) is 61.2 Å². The Morgan fingerprint density at radius 1 is 1.10 bits per heavy atom. The van der Waals surface area contributed by atoms with Crippen LogP contribution >= 0.6 is 11.8 Å². The fourth-order valence-corrected chi connectivity index (χ4v) is 5.25. The largest absolute Gasteiger partial charge is 0.344 e. The Balaban J connectivity index is 1.75. The second-order valence-corrected chi connectivity index (χ2v) is 11.6. The number of amides is 3. The Hall–Kier alpha value is -4.00. The third-order valence-corrected chi connectivity index (χ3v) is 7.74. The van der Waals surface area contributed by atoms with E-state index >= 15 is 0 Å². The molecular formula is C29H38N8O4S. The number of nitrogens with one attached hydrogen (secondary N) is 3. The van der Waals surface area contributed by atoms with Gasteiger partial charge >= 0.3 is 0 Å². The number of hydrogen-bond donors (Lipinski definition) is 3. The van der Waals surface area contributed by atoms with Crippen LogP contribution in [0.4, 0.5) is 0 Å². The Bertz CT molecular complexity index is 1460. The maximum atomic E-state index is 13.5. The fraction of sp³-hybridized carbons (Fsp3) is 0.483. The van der Waals surface area contributed by atoms with E-state index < -0.39 is 23.6 Å². The molecule has 0 spiro atoms. The van der Waals surface area contributed by atoms with Crippen LogP contribution in [-0.4, -0.2) is 78.5 Å². The van der Waals surface area contributed by atoms with Crippen LogP contribution in [0.3, 0.4) is 0 Å². The van der Waals surface area contributed by atoms with Gasteiger partial charge in [0.15, 0.2) is 11.6 Å².